The highest BCUT2D eigenvalue weighted by Gasteiger charge is 2.35. The van der Waals surface area contributed by atoms with Crippen molar-refractivity contribution in [3.8, 4) is 0 Å². The summed E-state index contributed by atoms with van der Waals surface area (Å²) in [4.78, 5) is 12.4. The van der Waals surface area contributed by atoms with E-state index in [-0.39, 0.29) is 11.3 Å². The van der Waals surface area contributed by atoms with Crippen LogP contribution in [0.1, 0.15) is 240 Å². The normalized spacial score (nSPS) is 16.7. The molecule has 0 unspecified atom stereocenters. The molecule has 0 aromatic rings. The minimum atomic E-state index is -3.09. The van der Waals surface area contributed by atoms with Crippen LogP contribution in [-0.4, -0.2) is 36.0 Å². The first kappa shape index (κ1) is 45.6. The maximum atomic E-state index is 12.4. The van der Waals surface area contributed by atoms with Crippen molar-refractivity contribution in [2.75, 3.05) is 24.6 Å². The van der Waals surface area contributed by atoms with Gasteiger partial charge in [0.25, 0.3) is 0 Å². The van der Waals surface area contributed by atoms with Crippen LogP contribution in [0, 0.1) is 0 Å². The predicted octanol–water partition coefficient (Wildman–Crippen LogP) is 15.3. The van der Waals surface area contributed by atoms with E-state index < -0.39 is 14.6 Å². The van der Waals surface area contributed by atoms with Crippen molar-refractivity contribution in [3.05, 3.63) is 0 Å². The molecule has 0 heterocycles. The minimum absolute atomic E-state index is 0.0364. The monoisotopic (exact) mass is 699 g/mol. The number of hydrogen-bond donors (Lipinski definition) is 0. The lowest BCUT2D eigenvalue weighted by atomic mass is 10.00. The summed E-state index contributed by atoms with van der Waals surface area (Å²) in [6.07, 6.45) is 51.3. The van der Waals surface area contributed by atoms with Crippen LogP contribution in [0.15, 0.2) is 0 Å². The van der Waals surface area contributed by atoms with Crippen LogP contribution < -0.4 is 4.89 Å². The molecule has 0 aliphatic heterocycles. The maximum absolute atomic E-state index is 12.4. The van der Waals surface area contributed by atoms with Crippen LogP contribution in [0.25, 0.3) is 0 Å². The fourth-order valence-corrected chi connectivity index (χ4v) is 16.3. The molecule has 2 saturated carbocycles. The first-order valence-corrected chi connectivity index (χ1v) is 26.4. The zero-order valence-electron chi connectivity index (χ0n) is 33.0. The van der Waals surface area contributed by atoms with Gasteiger partial charge in [0.05, 0.1) is 24.6 Å². The van der Waals surface area contributed by atoms with Crippen molar-refractivity contribution in [3.63, 3.8) is 0 Å². The van der Waals surface area contributed by atoms with E-state index in [0.717, 1.165) is 51.4 Å². The first-order chi connectivity index (χ1) is 23.0. The fraction of sp³-hybridized carbons (Fsp3) is 1.00. The largest absolute Gasteiger partial charge is 0.799 e. The van der Waals surface area contributed by atoms with Gasteiger partial charge in [-0.3, -0.25) is 0 Å². The van der Waals surface area contributed by atoms with Crippen molar-refractivity contribution in [1.29, 1.82) is 0 Å². The Labute approximate surface area is 298 Å². The molecule has 0 aromatic carbocycles. The first-order valence-electron chi connectivity index (χ1n) is 22.1. The molecule has 0 aromatic heterocycles. The van der Waals surface area contributed by atoms with Gasteiger partial charge in [-0.15, -0.1) is 0 Å². The van der Waals surface area contributed by atoms with E-state index in [1.165, 1.54) is 141 Å². The summed E-state index contributed by atoms with van der Waals surface area (Å²) < 4.78 is 12.4. The van der Waals surface area contributed by atoms with E-state index in [1.807, 2.05) is 0 Å². The van der Waals surface area contributed by atoms with Crippen molar-refractivity contribution < 1.29 is 9.46 Å². The zero-order chi connectivity index (χ0) is 34.3. The number of unbranched alkanes of at least 4 members (excludes halogenated alkanes) is 19. The molecule has 47 heavy (non-hydrogen) atoms. The van der Waals surface area contributed by atoms with Crippen LogP contribution in [0.3, 0.4) is 0 Å². The Morgan fingerprint density at radius 2 is 0.638 bits per heavy atom. The van der Waals surface area contributed by atoms with Crippen LogP contribution in [-0.2, 0) is 4.57 Å². The van der Waals surface area contributed by atoms with E-state index in [0.29, 0.717) is 0 Å². The Hall–Kier alpha value is 0.620. The molecule has 2 rings (SSSR count). The van der Waals surface area contributed by atoms with Crippen molar-refractivity contribution in [2.45, 2.75) is 251 Å². The quantitative estimate of drug-likeness (QED) is 0.0576. The van der Waals surface area contributed by atoms with Crippen LogP contribution in [0.2, 0.25) is 0 Å². The Balaban J connectivity index is 0.000000603. The average Bonchev–Trinajstić information content (AvgIpc) is 3.10. The van der Waals surface area contributed by atoms with Gasteiger partial charge in [-0.05, 0) is 70.6 Å². The second-order valence-electron chi connectivity index (χ2n) is 16.2. The van der Waals surface area contributed by atoms with E-state index in [1.54, 1.807) is 43.9 Å². The topological polar surface area (TPSA) is 40.1 Å². The molecule has 2 aliphatic rings. The average molecular weight is 699 g/mol. The SMILES string of the molecule is CCCCCCCCCCCCCC[P+](CCCCC)(CCCCCC)CCCCCC.O=P([O-])(C1CCCCC1)C1CCCCC1. The van der Waals surface area contributed by atoms with Gasteiger partial charge in [0, 0.05) is 25.9 Å². The molecule has 2 aliphatic carbocycles. The third-order valence-electron chi connectivity index (χ3n) is 11.9. The fourth-order valence-electron chi connectivity index (χ4n) is 8.58. The highest BCUT2D eigenvalue weighted by atomic mass is 31.2. The molecule has 2 nitrogen and oxygen atoms in total. The van der Waals surface area contributed by atoms with Gasteiger partial charge in [0.1, 0.15) is 0 Å². The van der Waals surface area contributed by atoms with Gasteiger partial charge in [-0.2, -0.15) is 0 Å². The molecule has 0 atom stereocenters. The summed E-state index contributed by atoms with van der Waals surface area (Å²) in [6, 6.07) is 0. The van der Waals surface area contributed by atoms with E-state index in [4.69, 9.17) is 0 Å². The number of hydrogen-bond acceptors (Lipinski definition) is 2. The molecule has 0 N–H and O–H groups in total. The lowest BCUT2D eigenvalue weighted by molar-refractivity contribution is -0.181. The third-order valence-corrected chi connectivity index (χ3v) is 20.0. The van der Waals surface area contributed by atoms with Gasteiger partial charge in [0.2, 0.25) is 0 Å². The van der Waals surface area contributed by atoms with Crippen molar-refractivity contribution >= 4 is 14.6 Å². The Morgan fingerprint density at radius 3 is 0.957 bits per heavy atom. The van der Waals surface area contributed by atoms with Gasteiger partial charge >= 0.3 is 0 Å². The summed E-state index contributed by atoms with van der Waals surface area (Å²) in [5.41, 5.74) is 0.0729. The summed E-state index contributed by atoms with van der Waals surface area (Å²) in [7, 11) is -3.78. The van der Waals surface area contributed by atoms with Crippen molar-refractivity contribution in [1.82, 2.24) is 0 Å². The zero-order valence-corrected chi connectivity index (χ0v) is 34.8. The van der Waals surface area contributed by atoms with Gasteiger partial charge in [-0.1, -0.05) is 169 Å². The molecule has 0 saturated heterocycles. The summed E-state index contributed by atoms with van der Waals surface area (Å²) in [6.45, 7) is 9.42. The van der Waals surface area contributed by atoms with Crippen LogP contribution in [0.4, 0.5) is 0 Å². The number of rotatable bonds is 29. The van der Waals surface area contributed by atoms with Crippen LogP contribution >= 0.6 is 14.6 Å². The molecule has 282 valence electrons. The van der Waals surface area contributed by atoms with E-state index in [2.05, 4.69) is 27.7 Å². The maximum Gasteiger partial charge on any atom is 0.0594 e. The molecule has 4 heteroatoms. The van der Waals surface area contributed by atoms with Crippen LogP contribution in [0.5, 0.6) is 0 Å². The lowest BCUT2D eigenvalue weighted by Crippen LogP contribution is -2.29. The molecular formula is C43H88O2P2. The summed E-state index contributed by atoms with van der Waals surface area (Å²) in [5.74, 6) is 0. The standard InChI is InChI=1S/C31H66P.C12H23O2P/c1-5-9-13-16-17-18-19-20-21-22-23-27-31-32(28-24-12-8-4,29-25-14-10-6-2)30-26-15-11-7-3;13-15(14,11-7-3-1-4-8-11)12-9-5-2-6-10-12/h5-31H2,1-4H3;11-12H,1-10H2,(H,13,14)/q+1;/p-1. The molecule has 0 bridgehead atoms. The lowest BCUT2D eigenvalue weighted by Gasteiger charge is -2.42. The smallest absolute Gasteiger partial charge is 0.0594 e. The Morgan fingerprint density at radius 1 is 0.404 bits per heavy atom. The van der Waals surface area contributed by atoms with E-state index >= 15 is 0 Å². The Bertz CT molecular complexity index is 664. The van der Waals surface area contributed by atoms with Crippen molar-refractivity contribution in [2.24, 2.45) is 0 Å². The molecular weight excluding hydrogens is 610 g/mol. The molecule has 0 amide bonds. The second-order valence-corrected chi connectivity index (χ2v) is 23.4. The summed E-state index contributed by atoms with van der Waals surface area (Å²) in [5, 5.41) is 0. The highest BCUT2D eigenvalue weighted by Crippen LogP contribution is 2.61. The molecule has 0 radical (unpaired) electrons. The van der Waals surface area contributed by atoms with Gasteiger partial charge in [0.15, 0.2) is 0 Å². The second kappa shape index (κ2) is 31.4. The van der Waals surface area contributed by atoms with Gasteiger partial charge < -0.3 is 9.46 Å². The minimum Gasteiger partial charge on any atom is -0.799 e. The Kier molecular flexibility index (Phi) is 30.5. The third kappa shape index (κ3) is 22.9. The molecule has 2 fully saturated rings. The highest BCUT2D eigenvalue weighted by molar-refractivity contribution is 7.75. The van der Waals surface area contributed by atoms with E-state index in [9.17, 15) is 9.46 Å². The molecule has 0 spiro atoms. The van der Waals surface area contributed by atoms with Gasteiger partial charge in [-0.25, -0.2) is 0 Å². The predicted molar refractivity (Wildman–Crippen MR) is 217 cm³/mol. The summed E-state index contributed by atoms with van der Waals surface area (Å²) >= 11 is 0.